The van der Waals surface area contributed by atoms with Gasteiger partial charge in [-0.3, -0.25) is 0 Å². The summed E-state index contributed by atoms with van der Waals surface area (Å²) in [6.45, 7) is 2.66. The van der Waals surface area contributed by atoms with Gasteiger partial charge in [0.05, 0.1) is 23.5 Å². The van der Waals surface area contributed by atoms with Crippen molar-refractivity contribution >= 4 is 17.3 Å². The molecule has 0 bridgehead atoms. The van der Waals surface area contributed by atoms with Gasteiger partial charge >= 0.3 is 12.1 Å². The molecule has 0 aliphatic heterocycles. The van der Waals surface area contributed by atoms with E-state index < -0.39 is 18.7 Å². The van der Waals surface area contributed by atoms with Crippen LogP contribution in [0.2, 0.25) is 0 Å². The predicted octanol–water partition coefficient (Wildman–Crippen LogP) is 3.22. The molecule has 1 rings (SSSR count). The molecule has 2 N–H and O–H groups in total. The fraction of sp³-hybridized carbons (Fsp3) is 0.500. The van der Waals surface area contributed by atoms with Gasteiger partial charge in [-0.2, -0.15) is 13.2 Å². The Kier molecular flexibility index (Phi) is 5.87. The average molecular weight is 304 g/mol. The van der Waals surface area contributed by atoms with Crippen molar-refractivity contribution in [3.05, 3.63) is 23.8 Å². The van der Waals surface area contributed by atoms with E-state index in [1.165, 1.54) is 18.2 Å². The number of nitrogens with two attached hydrogens (primary N) is 1. The number of carbonyl (C=O) groups excluding carboxylic acids is 1. The van der Waals surface area contributed by atoms with Gasteiger partial charge in [0.1, 0.15) is 6.54 Å². The Bertz CT molecular complexity index is 490. The second-order valence-corrected chi connectivity index (χ2v) is 4.50. The second-order valence-electron chi connectivity index (χ2n) is 4.50. The summed E-state index contributed by atoms with van der Waals surface area (Å²) in [6, 6.07) is 4.41. The Morgan fingerprint density at radius 1 is 1.33 bits per heavy atom. The number of nitrogens with zero attached hydrogens (tertiary/aromatic N) is 1. The number of carbonyl (C=O) groups is 1. The molecule has 0 amide bonds. The van der Waals surface area contributed by atoms with E-state index in [9.17, 15) is 18.0 Å². The van der Waals surface area contributed by atoms with Crippen molar-refractivity contribution < 1.29 is 22.7 Å². The molecular weight excluding hydrogens is 285 g/mol. The standard InChI is InChI=1S/C14H19F3N2O2/c1-3-8-19(9-14(15,16)17)11-7-5-6-10(12(11)18)13(20)21-4-2/h5-7H,3-4,8-9,18H2,1-2H3. The quantitative estimate of drug-likeness (QED) is 0.647. The molecule has 0 aromatic heterocycles. The zero-order valence-corrected chi connectivity index (χ0v) is 12.0. The van der Waals surface area contributed by atoms with Crippen LogP contribution in [-0.4, -0.2) is 31.8 Å². The van der Waals surface area contributed by atoms with Gasteiger partial charge in [0, 0.05) is 6.54 Å². The minimum atomic E-state index is -4.35. The number of benzene rings is 1. The van der Waals surface area contributed by atoms with E-state index in [-0.39, 0.29) is 30.1 Å². The molecule has 0 saturated heterocycles. The van der Waals surface area contributed by atoms with E-state index in [0.717, 1.165) is 4.90 Å². The summed E-state index contributed by atoms with van der Waals surface area (Å²) in [6.07, 6.45) is -3.82. The van der Waals surface area contributed by atoms with Crippen LogP contribution in [0.1, 0.15) is 30.6 Å². The lowest BCUT2D eigenvalue weighted by Crippen LogP contribution is -2.35. The van der Waals surface area contributed by atoms with E-state index in [1.54, 1.807) is 13.8 Å². The number of esters is 1. The summed E-state index contributed by atoms with van der Waals surface area (Å²) in [5.74, 6) is -0.639. The normalized spacial score (nSPS) is 11.3. The van der Waals surface area contributed by atoms with Crippen molar-refractivity contribution in [1.82, 2.24) is 0 Å². The number of rotatable bonds is 6. The zero-order chi connectivity index (χ0) is 16.0. The highest BCUT2D eigenvalue weighted by Crippen LogP contribution is 2.30. The van der Waals surface area contributed by atoms with Crippen LogP contribution >= 0.6 is 0 Å². The third kappa shape index (κ3) is 4.84. The number of halogens is 3. The van der Waals surface area contributed by atoms with Crippen molar-refractivity contribution in [3.8, 4) is 0 Å². The van der Waals surface area contributed by atoms with Gasteiger partial charge < -0.3 is 15.4 Å². The maximum atomic E-state index is 12.7. The van der Waals surface area contributed by atoms with Crippen molar-refractivity contribution in [2.24, 2.45) is 0 Å². The van der Waals surface area contributed by atoms with Crippen LogP contribution < -0.4 is 10.6 Å². The molecule has 4 nitrogen and oxygen atoms in total. The van der Waals surface area contributed by atoms with E-state index >= 15 is 0 Å². The molecule has 0 aliphatic carbocycles. The molecule has 118 valence electrons. The van der Waals surface area contributed by atoms with Crippen molar-refractivity contribution in [2.75, 3.05) is 30.3 Å². The average Bonchev–Trinajstić information content (AvgIpc) is 2.37. The van der Waals surface area contributed by atoms with Crippen LogP contribution in [0.4, 0.5) is 24.5 Å². The van der Waals surface area contributed by atoms with Crippen LogP contribution in [0.3, 0.4) is 0 Å². The van der Waals surface area contributed by atoms with Gasteiger partial charge in [0.25, 0.3) is 0 Å². The molecule has 1 aromatic carbocycles. The number of nitrogen functional groups attached to an aromatic ring is 1. The Labute approximate surface area is 121 Å². The molecule has 7 heteroatoms. The first-order chi connectivity index (χ1) is 9.80. The summed E-state index contributed by atoms with van der Waals surface area (Å²) in [4.78, 5) is 12.9. The van der Waals surface area contributed by atoms with Gasteiger partial charge in [0.2, 0.25) is 0 Å². The maximum absolute atomic E-state index is 12.7. The monoisotopic (exact) mass is 304 g/mol. The molecule has 0 fully saturated rings. The molecule has 0 saturated carbocycles. The third-order valence-corrected chi connectivity index (χ3v) is 2.78. The van der Waals surface area contributed by atoms with E-state index in [4.69, 9.17) is 10.5 Å². The predicted molar refractivity (Wildman–Crippen MR) is 75.4 cm³/mol. The fourth-order valence-corrected chi connectivity index (χ4v) is 1.99. The highest BCUT2D eigenvalue weighted by atomic mass is 19.4. The van der Waals surface area contributed by atoms with Crippen molar-refractivity contribution in [3.63, 3.8) is 0 Å². The largest absolute Gasteiger partial charge is 0.462 e. The first-order valence-electron chi connectivity index (χ1n) is 6.67. The number of anilines is 2. The highest BCUT2D eigenvalue weighted by Gasteiger charge is 2.31. The summed E-state index contributed by atoms with van der Waals surface area (Å²) < 4.78 is 42.8. The van der Waals surface area contributed by atoms with Crippen LogP contribution in [0.15, 0.2) is 18.2 Å². The summed E-state index contributed by atoms with van der Waals surface area (Å²) in [5.41, 5.74) is 6.14. The topological polar surface area (TPSA) is 55.6 Å². The summed E-state index contributed by atoms with van der Waals surface area (Å²) >= 11 is 0. The Morgan fingerprint density at radius 2 is 2.00 bits per heavy atom. The Hall–Kier alpha value is -1.92. The summed E-state index contributed by atoms with van der Waals surface area (Å²) in [7, 11) is 0. The zero-order valence-electron chi connectivity index (χ0n) is 12.0. The fourth-order valence-electron chi connectivity index (χ4n) is 1.99. The molecule has 0 spiro atoms. The van der Waals surface area contributed by atoms with Crippen LogP contribution in [0, 0.1) is 0 Å². The first-order valence-corrected chi connectivity index (χ1v) is 6.67. The Morgan fingerprint density at radius 3 is 2.52 bits per heavy atom. The van der Waals surface area contributed by atoms with Crippen LogP contribution in [0.25, 0.3) is 0 Å². The Balaban J connectivity index is 3.14. The van der Waals surface area contributed by atoms with Gasteiger partial charge in [-0.1, -0.05) is 13.0 Å². The van der Waals surface area contributed by atoms with Gasteiger partial charge in [-0.05, 0) is 25.5 Å². The number of para-hydroxylation sites is 1. The molecule has 0 aliphatic rings. The summed E-state index contributed by atoms with van der Waals surface area (Å²) in [5, 5.41) is 0. The van der Waals surface area contributed by atoms with Gasteiger partial charge in [-0.15, -0.1) is 0 Å². The molecule has 1 aromatic rings. The molecule has 0 heterocycles. The van der Waals surface area contributed by atoms with Gasteiger partial charge in [-0.25, -0.2) is 4.79 Å². The lowest BCUT2D eigenvalue weighted by atomic mass is 10.1. The number of ether oxygens (including phenoxy) is 1. The minimum Gasteiger partial charge on any atom is -0.462 e. The third-order valence-electron chi connectivity index (χ3n) is 2.78. The second kappa shape index (κ2) is 7.19. The molecule has 21 heavy (non-hydrogen) atoms. The first kappa shape index (κ1) is 17.1. The smallest absolute Gasteiger partial charge is 0.405 e. The van der Waals surface area contributed by atoms with E-state index in [0.29, 0.717) is 6.42 Å². The lowest BCUT2D eigenvalue weighted by molar-refractivity contribution is -0.119. The number of hydrogen-bond acceptors (Lipinski definition) is 4. The van der Waals surface area contributed by atoms with Gasteiger partial charge in [0.15, 0.2) is 0 Å². The van der Waals surface area contributed by atoms with Crippen LogP contribution in [-0.2, 0) is 4.74 Å². The molecular formula is C14H19F3N2O2. The lowest BCUT2D eigenvalue weighted by Gasteiger charge is -2.27. The van der Waals surface area contributed by atoms with E-state index in [1.807, 2.05) is 0 Å². The van der Waals surface area contributed by atoms with E-state index in [2.05, 4.69) is 0 Å². The minimum absolute atomic E-state index is 0.00801. The van der Waals surface area contributed by atoms with Crippen molar-refractivity contribution in [1.29, 1.82) is 0 Å². The molecule has 0 atom stereocenters. The number of hydrogen-bond donors (Lipinski definition) is 1. The maximum Gasteiger partial charge on any atom is 0.405 e. The molecule has 0 unspecified atom stereocenters. The highest BCUT2D eigenvalue weighted by molar-refractivity contribution is 5.98. The van der Waals surface area contributed by atoms with Crippen LogP contribution in [0.5, 0.6) is 0 Å². The van der Waals surface area contributed by atoms with Crippen molar-refractivity contribution in [2.45, 2.75) is 26.4 Å². The molecule has 0 radical (unpaired) electrons. The SMILES string of the molecule is CCCN(CC(F)(F)F)c1cccc(C(=O)OCC)c1N. The number of alkyl halides is 3.